The fraction of sp³-hybridized carbons (Fsp3) is 0.440. The summed E-state index contributed by atoms with van der Waals surface area (Å²) in [6.45, 7) is 8.95. The molecule has 166 valence electrons. The van der Waals surface area contributed by atoms with Crippen molar-refractivity contribution in [2.75, 3.05) is 12.4 Å². The fourth-order valence-electron chi connectivity index (χ4n) is 6.08. The highest BCUT2D eigenvalue weighted by Crippen LogP contribution is 2.56. The molecular weight excluding hydrogens is 420 g/mol. The number of hydrogen-bond donors (Lipinski definition) is 1. The van der Waals surface area contributed by atoms with E-state index in [0.717, 1.165) is 25.1 Å². The van der Waals surface area contributed by atoms with Gasteiger partial charge in [-0.1, -0.05) is 20.8 Å². The summed E-state index contributed by atoms with van der Waals surface area (Å²) in [5.74, 6) is 1.67. The number of carbonyl (C=O) groups is 1. The minimum absolute atomic E-state index is 0.0676. The predicted molar refractivity (Wildman–Crippen MR) is 126 cm³/mol. The molecule has 2 heterocycles. The molecule has 0 aliphatic heterocycles. The molecule has 1 N–H and O–H groups in total. The summed E-state index contributed by atoms with van der Waals surface area (Å²) in [5, 5.41) is 5.32. The number of benzene rings is 1. The van der Waals surface area contributed by atoms with E-state index in [-0.39, 0.29) is 16.7 Å². The van der Waals surface area contributed by atoms with Gasteiger partial charge in [-0.05, 0) is 60.9 Å². The molecule has 2 aliphatic rings. The van der Waals surface area contributed by atoms with Crippen molar-refractivity contribution in [2.45, 2.75) is 57.8 Å². The number of rotatable bonds is 3. The molecule has 0 saturated carbocycles. The second-order valence-electron chi connectivity index (χ2n) is 9.70. The number of amides is 1. The first kappa shape index (κ1) is 21.1. The monoisotopic (exact) mass is 448 g/mol. The van der Waals surface area contributed by atoms with Gasteiger partial charge >= 0.3 is 0 Å². The van der Waals surface area contributed by atoms with Gasteiger partial charge in [0.05, 0.1) is 18.4 Å². The van der Waals surface area contributed by atoms with Gasteiger partial charge in [-0.25, -0.2) is 15.0 Å². The molecule has 2 aromatic heterocycles. The van der Waals surface area contributed by atoms with Gasteiger partial charge in [-0.15, -0.1) is 11.3 Å². The van der Waals surface area contributed by atoms with Crippen molar-refractivity contribution >= 4 is 22.4 Å². The van der Waals surface area contributed by atoms with Crippen molar-refractivity contribution < 1.29 is 9.53 Å². The van der Waals surface area contributed by atoms with Gasteiger partial charge in [0.2, 0.25) is 0 Å². The lowest BCUT2D eigenvalue weighted by Gasteiger charge is -2.54. The Kier molecular flexibility index (Phi) is 4.85. The number of aryl methyl sites for hydroxylation is 2. The zero-order valence-corrected chi connectivity index (χ0v) is 20.0. The Morgan fingerprint density at radius 2 is 2.03 bits per heavy atom. The molecule has 1 unspecified atom stereocenters. The van der Waals surface area contributed by atoms with E-state index in [9.17, 15) is 4.79 Å². The Bertz CT molecular complexity index is 1200. The number of methoxy groups -OCH3 is 1. The summed E-state index contributed by atoms with van der Waals surface area (Å²) >= 11 is 1.40. The Morgan fingerprint density at radius 3 is 2.75 bits per heavy atom. The van der Waals surface area contributed by atoms with Gasteiger partial charge in [0.15, 0.2) is 5.13 Å². The number of fused-ring (bicyclic) bond motifs is 4. The number of hydrogen-bond acceptors (Lipinski definition) is 6. The van der Waals surface area contributed by atoms with E-state index in [1.54, 1.807) is 13.3 Å². The maximum atomic E-state index is 13.0. The predicted octanol–water partition coefficient (Wildman–Crippen LogP) is 4.86. The van der Waals surface area contributed by atoms with Crippen LogP contribution in [0.5, 0.6) is 5.75 Å². The topological polar surface area (TPSA) is 77.0 Å². The highest BCUT2D eigenvalue weighted by Gasteiger charge is 2.53. The third kappa shape index (κ3) is 3.13. The number of aromatic nitrogens is 3. The molecule has 1 amide bonds. The zero-order valence-electron chi connectivity index (χ0n) is 19.2. The van der Waals surface area contributed by atoms with Crippen molar-refractivity contribution in [3.63, 3.8) is 0 Å². The molecule has 5 rings (SSSR count). The van der Waals surface area contributed by atoms with Crippen molar-refractivity contribution in [2.24, 2.45) is 5.92 Å². The molecule has 2 aliphatic carbocycles. The molecule has 0 spiro atoms. The zero-order chi connectivity index (χ0) is 22.7. The highest BCUT2D eigenvalue weighted by molar-refractivity contribution is 7.13. The van der Waals surface area contributed by atoms with Crippen LogP contribution in [0.25, 0.3) is 0 Å². The van der Waals surface area contributed by atoms with E-state index in [2.05, 4.69) is 42.1 Å². The standard InChI is InChI=1S/C25H28N4O2S/c1-14-27-13-16-12-25(4)18-11-19(31-5)17(22(30)29-23-26-8-9-32-23)10-15(18)6-7-20(25)24(2,3)21(16)28-14/h8-11,13,20H,6-7,12H2,1-5H3,(H,26,29,30)/t20?,25-/m1/s1. The summed E-state index contributed by atoms with van der Waals surface area (Å²) in [4.78, 5) is 26.5. The van der Waals surface area contributed by atoms with E-state index < -0.39 is 0 Å². The first-order valence-electron chi connectivity index (χ1n) is 11.0. The van der Waals surface area contributed by atoms with Gasteiger partial charge in [0, 0.05) is 28.6 Å². The second kappa shape index (κ2) is 7.37. The minimum atomic E-state index is -0.190. The molecule has 0 radical (unpaired) electrons. The Balaban J connectivity index is 1.60. The van der Waals surface area contributed by atoms with Crippen LogP contribution < -0.4 is 10.1 Å². The molecule has 0 saturated heterocycles. The van der Waals surface area contributed by atoms with Crippen LogP contribution in [0.1, 0.15) is 65.8 Å². The lowest BCUT2D eigenvalue weighted by molar-refractivity contribution is 0.102. The van der Waals surface area contributed by atoms with E-state index in [4.69, 9.17) is 9.72 Å². The van der Waals surface area contributed by atoms with Crippen molar-refractivity contribution in [3.8, 4) is 5.75 Å². The maximum Gasteiger partial charge on any atom is 0.261 e. The number of nitrogens with zero attached hydrogens (tertiary/aromatic N) is 3. The molecule has 2 atom stereocenters. The largest absolute Gasteiger partial charge is 0.496 e. The molecule has 3 aromatic rings. The Hall–Kier alpha value is -2.80. The average molecular weight is 449 g/mol. The van der Waals surface area contributed by atoms with Crippen LogP contribution in [0.4, 0.5) is 5.13 Å². The molecular formula is C25H28N4O2S. The van der Waals surface area contributed by atoms with Gasteiger partial charge < -0.3 is 4.74 Å². The first-order valence-corrected chi connectivity index (χ1v) is 11.9. The lowest BCUT2D eigenvalue weighted by atomic mass is 9.50. The van der Waals surface area contributed by atoms with Crippen LogP contribution in [-0.4, -0.2) is 28.0 Å². The smallest absolute Gasteiger partial charge is 0.261 e. The number of anilines is 1. The van der Waals surface area contributed by atoms with Gasteiger partial charge in [0.25, 0.3) is 5.91 Å². The minimum Gasteiger partial charge on any atom is -0.496 e. The van der Waals surface area contributed by atoms with E-state index >= 15 is 0 Å². The van der Waals surface area contributed by atoms with Crippen molar-refractivity contribution in [3.05, 3.63) is 63.7 Å². The Morgan fingerprint density at radius 1 is 1.22 bits per heavy atom. The van der Waals surface area contributed by atoms with Gasteiger partial charge in [-0.3, -0.25) is 10.1 Å². The van der Waals surface area contributed by atoms with E-state index in [1.165, 1.54) is 33.7 Å². The third-order valence-electron chi connectivity index (χ3n) is 7.43. The molecule has 1 aromatic carbocycles. The number of thiazole rings is 1. The SMILES string of the molecule is COc1cc2c(cc1C(=O)Nc1nccs1)CCC1C(C)(C)c3nc(C)ncc3C[C@]21C. The summed E-state index contributed by atoms with van der Waals surface area (Å²) < 4.78 is 5.71. The molecule has 6 nitrogen and oxygen atoms in total. The summed E-state index contributed by atoms with van der Waals surface area (Å²) in [6.07, 6.45) is 6.55. The van der Waals surface area contributed by atoms with Crippen LogP contribution in [0, 0.1) is 12.8 Å². The third-order valence-corrected chi connectivity index (χ3v) is 8.12. The van der Waals surface area contributed by atoms with Crippen LogP contribution in [0.2, 0.25) is 0 Å². The summed E-state index contributed by atoms with van der Waals surface area (Å²) in [6, 6.07) is 4.11. The first-order chi connectivity index (χ1) is 15.2. The van der Waals surface area contributed by atoms with Crippen LogP contribution in [0.3, 0.4) is 0 Å². The maximum absolute atomic E-state index is 13.0. The van der Waals surface area contributed by atoms with Crippen molar-refractivity contribution in [1.82, 2.24) is 15.0 Å². The molecule has 0 bridgehead atoms. The molecule has 32 heavy (non-hydrogen) atoms. The van der Waals surface area contributed by atoms with E-state index in [0.29, 0.717) is 22.4 Å². The Labute approximate surface area is 192 Å². The van der Waals surface area contributed by atoms with Gasteiger partial charge in [0.1, 0.15) is 11.6 Å². The fourth-order valence-corrected chi connectivity index (χ4v) is 6.61. The van der Waals surface area contributed by atoms with Gasteiger partial charge in [-0.2, -0.15) is 0 Å². The van der Waals surface area contributed by atoms with E-state index in [1.807, 2.05) is 24.6 Å². The lowest BCUT2D eigenvalue weighted by Crippen LogP contribution is -2.52. The highest BCUT2D eigenvalue weighted by atomic mass is 32.1. The van der Waals surface area contributed by atoms with Crippen LogP contribution >= 0.6 is 11.3 Å². The average Bonchev–Trinajstić information content (AvgIpc) is 3.26. The molecule has 7 heteroatoms. The molecule has 0 fully saturated rings. The number of carbonyl (C=O) groups excluding carboxylic acids is 1. The summed E-state index contributed by atoms with van der Waals surface area (Å²) in [5.41, 5.74) is 5.30. The number of nitrogens with one attached hydrogen (secondary N) is 1. The van der Waals surface area contributed by atoms with Crippen molar-refractivity contribution in [1.29, 1.82) is 0 Å². The quantitative estimate of drug-likeness (QED) is 0.619. The van der Waals surface area contributed by atoms with Crippen LogP contribution in [0.15, 0.2) is 29.9 Å². The van der Waals surface area contributed by atoms with Crippen LogP contribution in [-0.2, 0) is 23.7 Å². The normalized spacial score (nSPS) is 23.0. The number of ether oxygens (including phenoxy) is 1. The second-order valence-corrected chi connectivity index (χ2v) is 10.6. The summed E-state index contributed by atoms with van der Waals surface area (Å²) in [7, 11) is 1.63.